The highest BCUT2D eigenvalue weighted by Crippen LogP contribution is 2.31. The van der Waals surface area contributed by atoms with Crippen molar-refractivity contribution in [3.05, 3.63) is 60.3 Å². The lowest BCUT2D eigenvalue weighted by Crippen LogP contribution is -2.28. The van der Waals surface area contributed by atoms with Gasteiger partial charge >= 0.3 is 0 Å². The van der Waals surface area contributed by atoms with Gasteiger partial charge in [-0.2, -0.15) is 0 Å². The molecule has 1 aliphatic heterocycles. The number of aromatic nitrogens is 3. The standard InChI is InChI=1S/C18H16N4OS/c23-15-6-4-13(5-7-15)14-8-11-22(12-9-14)18-21-20-17(24-18)16-3-1-2-10-19-16/h1-8,10,23H,9,11-12H2. The first-order valence-corrected chi connectivity index (χ1v) is 8.59. The fourth-order valence-corrected chi connectivity index (χ4v) is 3.57. The van der Waals surface area contributed by atoms with E-state index in [9.17, 15) is 5.11 Å². The number of rotatable bonds is 3. The number of benzene rings is 1. The Morgan fingerprint density at radius 2 is 1.92 bits per heavy atom. The molecule has 1 N–H and O–H groups in total. The maximum Gasteiger partial charge on any atom is 0.208 e. The summed E-state index contributed by atoms with van der Waals surface area (Å²) in [7, 11) is 0. The number of aromatic hydroxyl groups is 1. The van der Waals surface area contributed by atoms with Gasteiger partial charge in [-0.15, -0.1) is 10.2 Å². The zero-order valence-electron chi connectivity index (χ0n) is 13.0. The quantitative estimate of drug-likeness (QED) is 0.792. The normalized spacial score (nSPS) is 14.5. The van der Waals surface area contributed by atoms with Crippen LogP contribution < -0.4 is 4.90 Å². The van der Waals surface area contributed by atoms with Crippen LogP contribution in [0.5, 0.6) is 5.75 Å². The van der Waals surface area contributed by atoms with Crippen LogP contribution >= 0.6 is 11.3 Å². The van der Waals surface area contributed by atoms with Gasteiger partial charge < -0.3 is 10.0 Å². The minimum Gasteiger partial charge on any atom is -0.508 e. The molecule has 1 aromatic carbocycles. The molecule has 0 unspecified atom stereocenters. The van der Waals surface area contributed by atoms with Crippen molar-refractivity contribution >= 4 is 22.0 Å². The highest BCUT2D eigenvalue weighted by Gasteiger charge is 2.17. The average molecular weight is 336 g/mol. The van der Waals surface area contributed by atoms with Crippen LogP contribution in [0.15, 0.2) is 54.7 Å². The van der Waals surface area contributed by atoms with Crippen molar-refractivity contribution in [3.63, 3.8) is 0 Å². The Kier molecular flexibility index (Phi) is 3.96. The number of phenols is 1. The Morgan fingerprint density at radius 1 is 1.04 bits per heavy atom. The molecule has 3 aromatic rings. The monoisotopic (exact) mass is 336 g/mol. The lowest BCUT2D eigenvalue weighted by molar-refractivity contribution is 0.475. The van der Waals surface area contributed by atoms with Crippen LogP contribution in [0.4, 0.5) is 5.13 Å². The molecule has 0 atom stereocenters. The molecule has 0 spiro atoms. The van der Waals surface area contributed by atoms with E-state index in [2.05, 4.69) is 26.2 Å². The molecule has 0 radical (unpaired) electrons. The van der Waals surface area contributed by atoms with E-state index in [4.69, 9.17) is 0 Å². The predicted octanol–water partition coefficient (Wildman–Crippen LogP) is 3.60. The van der Waals surface area contributed by atoms with Gasteiger partial charge in [0, 0.05) is 19.3 Å². The van der Waals surface area contributed by atoms with Crippen molar-refractivity contribution < 1.29 is 5.11 Å². The average Bonchev–Trinajstić information content (AvgIpc) is 3.13. The van der Waals surface area contributed by atoms with Gasteiger partial charge in [0.25, 0.3) is 0 Å². The predicted molar refractivity (Wildman–Crippen MR) is 96.1 cm³/mol. The van der Waals surface area contributed by atoms with E-state index in [1.165, 1.54) is 11.1 Å². The van der Waals surface area contributed by atoms with E-state index in [1.807, 2.05) is 30.3 Å². The van der Waals surface area contributed by atoms with Gasteiger partial charge in [-0.3, -0.25) is 4.98 Å². The number of phenolic OH excluding ortho intramolecular Hbond substituents is 1. The molecule has 6 heteroatoms. The Balaban J connectivity index is 1.50. The van der Waals surface area contributed by atoms with Gasteiger partial charge in [0.1, 0.15) is 11.4 Å². The Hall–Kier alpha value is -2.73. The maximum atomic E-state index is 9.40. The first kappa shape index (κ1) is 14.8. The van der Waals surface area contributed by atoms with Crippen LogP contribution in [-0.4, -0.2) is 33.4 Å². The molecule has 0 saturated carbocycles. The van der Waals surface area contributed by atoms with Crippen molar-refractivity contribution in [2.24, 2.45) is 0 Å². The summed E-state index contributed by atoms with van der Waals surface area (Å²) in [6.45, 7) is 1.72. The van der Waals surface area contributed by atoms with E-state index in [1.54, 1.807) is 29.7 Å². The van der Waals surface area contributed by atoms with Crippen molar-refractivity contribution in [1.82, 2.24) is 15.2 Å². The summed E-state index contributed by atoms with van der Waals surface area (Å²) in [5, 5.41) is 19.8. The number of hydrogen-bond acceptors (Lipinski definition) is 6. The van der Waals surface area contributed by atoms with Crippen molar-refractivity contribution in [1.29, 1.82) is 0 Å². The van der Waals surface area contributed by atoms with Crippen molar-refractivity contribution in [2.45, 2.75) is 6.42 Å². The SMILES string of the molecule is Oc1ccc(C2=CCN(c3nnc(-c4ccccn4)s3)CC2)cc1. The molecular formula is C18H16N4OS. The molecule has 5 nitrogen and oxygen atoms in total. The second-order valence-corrected chi connectivity index (χ2v) is 6.53. The highest BCUT2D eigenvalue weighted by molar-refractivity contribution is 7.18. The number of anilines is 1. The van der Waals surface area contributed by atoms with E-state index >= 15 is 0 Å². The molecule has 4 rings (SSSR count). The molecule has 2 aromatic heterocycles. The number of nitrogens with zero attached hydrogens (tertiary/aromatic N) is 4. The van der Waals surface area contributed by atoms with Crippen molar-refractivity contribution in [2.75, 3.05) is 18.0 Å². The molecule has 3 heterocycles. The van der Waals surface area contributed by atoms with Gasteiger partial charge in [-0.1, -0.05) is 35.6 Å². The molecule has 0 saturated heterocycles. The van der Waals surface area contributed by atoms with Gasteiger partial charge in [0.15, 0.2) is 5.01 Å². The smallest absolute Gasteiger partial charge is 0.208 e. The summed E-state index contributed by atoms with van der Waals surface area (Å²) < 4.78 is 0. The molecule has 0 fully saturated rings. The third kappa shape index (κ3) is 3.00. The summed E-state index contributed by atoms with van der Waals surface area (Å²) in [4.78, 5) is 6.55. The summed E-state index contributed by atoms with van der Waals surface area (Å²) >= 11 is 1.57. The van der Waals surface area contributed by atoms with E-state index in [-0.39, 0.29) is 0 Å². The van der Waals surface area contributed by atoms with Crippen molar-refractivity contribution in [3.8, 4) is 16.5 Å². The molecule has 0 bridgehead atoms. The largest absolute Gasteiger partial charge is 0.508 e. The van der Waals surface area contributed by atoms with E-state index in [0.29, 0.717) is 5.75 Å². The van der Waals surface area contributed by atoms with Gasteiger partial charge in [0.2, 0.25) is 5.13 Å². The minimum atomic E-state index is 0.299. The van der Waals surface area contributed by atoms with Gasteiger partial charge in [-0.05, 0) is 41.8 Å². The molecule has 0 amide bonds. The fourth-order valence-electron chi connectivity index (χ4n) is 2.72. The number of hydrogen-bond donors (Lipinski definition) is 1. The van der Waals surface area contributed by atoms with Crippen LogP contribution in [0.1, 0.15) is 12.0 Å². The zero-order valence-corrected chi connectivity index (χ0v) is 13.8. The Labute approximate surface area is 143 Å². The third-order valence-corrected chi connectivity index (χ3v) is 5.02. The summed E-state index contributed by atoms with van der Waals surface area (Å²) in [5.41, 5.74) is 3.33. The molecule has 1 aliphatic rings. The van der Waals surface area contributed by atoms with Gasteiger partial charge in [-0.25, -0.2) is 0 Å². The lowest BCUT2D eigenvalue weighted by atomic mass is 10.00. The van der Waals surface area contributed by atoms with Crippen LogP contribution in [0, 0.1) is 0 Å². The zero-order chi connectivity index (χ0) is 16.4. The second-order valence-electron chi connectivity index (χ2n) is 5.58. The topological polar surface area (TPSA) is 62.1 Å². The third-order valence-electron chi connectivity index (χ3n) is 4.02. The van der Waals surface area contributed by atoms with Crippen LogP contribution in [-0.2, 0) is 0 Å². The maximum absolute atomic E-state index is 9.40. The lowest BCUT2D eigenvalue weighted by Gasteiger charge is -2.25. The Morgan fingerprint density at radius 3 is 2.62 bits per heavy atom. The molecule has 24 heavy (non-hydrogen) atoms. The van der Waals surface area contributed by atoms with E-state index < -0.39 is 0 Å². The van der Waals surface area contributed by atoms with Crippen LogP contribution in [0.2, 0.25) is 0 Å². The summed E-state index contributed by atoms with van der Waals surface area (Å²) in [5.74, 6) is 0.299. The molecular weight excluding hydrogens is 320 g/mol. The van der Waals surface area contributed by atoms with E-state index in [0.717, 1.165) is 35.3 Å². The second kappa shape index (κ2) is 6.41. The Bertz CT molecular complexity index is 858. The van der Waals surface area contributed by atoms with Crippen LogP contribution in [0.25, 0.3) is 16.3 Å². The molecule has 0 aliphatic carbocycles. The summed E-state index contributed by atoms with van der Waals surface area (Å²) in [6, 6.07) is 13.2. The molecule has 120 valence electrons. The van der Waals surface area contributed by atoms with Gasteiger partial charge in [0.05, 0.1) is 0 Å². The minimum absolute atomic E-state index is 0.299. The first-order valence-electron chi connectivity index (χ1n) is 7.78. The fraction of sp³-hybridized carbons (Fsp3) is 0.167. The highest BCUT2D eigenvalue weighted by atomic mass is 32.1. The first-order chi connectivity index (χ1) is 11.8. The van der Waals surface area contributed by atoms with Crippen LogP contribution in [0.3, 0.4) is 0 Å². The summed E-state index contributed by atoms with van der Waals surface area (Å²) in [6.07, 6.45) is 4.94. The number of pyridine rings is 1.